The number of carbonyl (C=O) groups excluding carboxylic acids is 2. The molecule has 0 saturated carbocycles. The van der Waals surface area contributed by atoms with Gasteiger partial charge in [-0.3, -0.25) is 19.6 Å². The molecule has 0 radical (unpaired) electrons. The number of hydrogen-bond donors (Lipinski definition) is 2. The Morgan fingerprint density at radius 2 is 1.10 bits per heavy atom. The molecule has 0 spiro atoms. The van der Waals surface area contributed by atoms with Crippen LogP contribution < -0.4 is 10.6 Å². The summed E-state index contributed by atoms with van der Waals surface area (Å²) < 4.78 is 11.5. The van der Waals surface area contributed by atoms with Gasteiger partial charge in [-0.2, -0.15) is 0 Å². The van der Waals surface area contributed by atoms with Gasteiger partial charge in [0.05, 0.1) is 0 Å². The molecule has 0 fully saturated rings. The van der Waals surface area contributed by atoms with Crippen LogP contribution in [0.25, 0.3) is 0 Å². The molecule has 8 heteroatoms. The Hall–Kier alpha value is -2.64. The highest BCUT2D eigenvalue weighted by atomic mass is 16.5. The molecule has 166 valence electrons. The standard InChI is InChI=1S/C22H34N4O4/c1-13-15(19(23-7)29-21(13,3)4)17(27)25-11-9-10-12-26-18(28)16-14(2)22(5,6)30-20(16)24-8/h9-12H2,1-8H3,(H,25,27)(H,26,28). The number of ether oxygens (including phenoxy) is 2. The fourth-order valence-corrected chi connectivity index (χ4v) is 3.34. The van der Waals surface area contributed by atoms with E-state index in [9.17, 15) is 9.59 Å². The van der Waals surface area contributed by atoms with Gasteiger partial charge in [0.25, 0.3) is 11.8 Å². The molecule has 30 heavy (non-hydrogen) atoms. The average molecular weight is 419 g/mol. The Morgan fingerprint density at radius 3 is 1.40 bits per heavy atom. The largest absolute Gasteiger partial charge is 0.467 e. The van der Waals surface area contributed by atoms with Crippen molar-refractivity contribution in [3.05, 3.63) is 22.3 Å². The van der Waals surface area contributed by atoms with E-state index in [2.05, 4.69) is 20.6 Å². The molecule has 2 N–H and O–H groups in total. The minimum Gasteiger partial charge on any atom is -0.467 e. The molecule has 8 nitrogen and oxygen atoms in total. The van der Waals surface area contributed by atoms with E-state index in [4.69, 9.17) is 9.47 Å². The summed E-state index contributed by atoms with van der Waals surface area (Å²) in [7, 11) is 3.23. The van der Waals surface area contributed by atoms with Gasteiger partial charge in [-0.25, -0.2) is 0 Å². The SMILES string of the molecule is CN=C1OC(C)(C)C(C)=C1C(=O)NCCCCNC(=O)C1=C(C)C(C)(C)OC1=NC. The minimum atomic E-state index is -0.530. The lowest BCUT2D eigenvalue weighted by atomic mass is 9.97. The summed E-state index contributed by atoms with van der Waals surface area (Å²) in [6.45, 7) is 12.4. The van der Waals surface area contributed by atoms with Crippen molar-refractivity contribution in [2.24, 2.45) is 9.98 Å². The first-order chi connectivity index (χ1) is 14.0. The number of rotatable bonds is 7. The maximum Gasteiger partial charge on any atom is 0.256 e. The second kappa shape index (κ2) is 9.02. The molecule has 0 aromatic rings. The molecular formula is C22H34N4O4. The topological polar surface area (TPSA) is 101 Å². The Bertz CT molecular complexity index is 777. The predicted octanol–water partition coefficient (Wildman–Crippen LogP) is 2.31. The Balaban J connectivity index is 1.80. The van der Waals surface area contributed by atoms with Crippen LogP contribution in [0.1, 0.15) is 54.4 Å². The Labute approximate surface area is 178 Å². The maximum absolute atomic E-state index is 12.6. The first-order valence-electron chi connectivity index (χ1n) is 10.3. The first-order valence-corrected chi connectivity index (χ1v) is 10.3. The van der Waals surface area contributed by atoms with Crippen molar-refractivity contribution in [1.82, 2.24) is 10.6 Å². The second-order valence-corrected chi connectivity index (χ2v) is 8.50. The van der Waals surface area contributed by atoms with Crippen molar-refractivity contribution in [2.45, 2.75) is 65.6 Å². The van der Waals surface area contributed by atoms with Crippen LogP contribution in [0.5, 0.6) is 0 Å². The predicted molar refractivity (Wildman–Crippen MR) is 118 cm³/mol. The van der Waals surface area contributed by atoms with Crippen LogP contribution in [-0.2, 0) is 19.1 Å². The highest BCUT2D eigenvalue weighted by Crippen LogP contribution is 2.33. The van der Waals surface area contributed by atoms with Crippen LogP contribution in [0.15, 0.2) is 32.3 Å². The second-order valence-electron chi connectivity index (χ2n) is 8.50. The third kappa shape index (κ3) is 4.74. The third-order valence-corrected chi connectivity index (χ3v) is 5.72. The van der Waals surface area contributed by atoms with Crippen LogP contribution in [-0.4, -0.2) is 62.0 Å². The quantitative estimate of drug-likeness (QED) is 0.620. The Morgan fingerprint density at radius 1 is 0.767 bits per heavy atom. The lowest BCUT2D eigenvalue weighted by molar-refractivity contribution is -0.118. The van der Waals surface area contributed by atoms with E-state index in [1.165, 1.54) is 0 Å². The van der Waals surface area contributed by atoms with Gasteiger partial charge in [-0.1, -0.05) is 0 Å². The molecule has 2 heterocycles. The summed E-state index contributed by atoms with van der Waals surface area (Å²) in [6.07, 6.45) is 1.46. The Kier molecular flexibility index (Phi) is 7.10. The molecule has 2 rings (SSSR count). The van der Waals surface area contributed by atoms with Crippen LogP contribution in [0, 0.1) is 0 Å². The van der Waals surface area contributed by atoms with Gasteiger partial charge < -0.3 is 20.1 Å². The number of hydrogen-bond acceptors (Lipinski definition) is 6. The van der Waals surface area contributed by atoms with Gasteiger partial charge in [0.15, 0.2) is 0 Å². The van der Waals surface area contributed by atoms with Crippen molar-refractivity contribution in [1.29, 1.82) is 0 Å². The number of amides is 2. The van der Waals surface area contributed by atoms with Crippen molar-refractivity contribution in [2.75, 3.05) is 27.2 Å². The monoisotopic (exact) mass is 418 g/mol. The van der Waals surface area contributed by atoms with Crippen molar-refractivity contribution in [3.8, 4) is 0 Å². The van der Waals surface area contributed by atoms with E-state index in [0.29, 0.717) is 36.0 Å². The van der Waals surface area contributed by atoms with Crippen molar-refractivity contribution < 1.29 is 19.1 Å². The summed E-state index contributed by atoms with van der Waals surface area (Å²) in [6, 6.07) is 0. The highest BCUT2D eigenvalue weighted by Gasteiger charge is 2.40. The van der Waals surface area contributed by atoms with Gasteiger partial charge in [0.1, 0.15) is 22.3 Å². The molecule has 2 aliphatic heterocycles. The zero-order valence-electron chi connectivity index (χ0n) is 19.4. The zero-order chi connectivity index (χ0) is 22.7. The van der Waals surface area contributed by atoms with Gasteiger partial charge in [0, 0.05) is 27.2 Å². The lowest BCUT2D eigenvalue weighted by Crippen LogP contribution is -2.31. The molecular weight excluding hydrogens is 384 g/mol. The molecule has 0 aliphatic carbocycles. The molecule has 2 aliphatic rings. The maximum atomic E-state index is 12.6. The summed E-state index contributed by atoms with van der Waals surface area (Å²) >= 11 is 0. The van der Waals surface area contributed by atoms with E-state index >= 15 is 0 Å². The normalized spacial score (nSPS) is 22.4. The fraction of sp³-hybridized carbons (Fsp3) is 0.636. The smallest absolute Gasteiger partial charge is 0.256 e. The third-order valence-electron chi connectivity index (χ3n) is 5.72. The number of carbonyl (C=O) groups is 2. The van der Waals surface area contributed by atoms with Crippen LogP contribution >= 0.6 is 0 Å². The van der Waals surface area contributed by atoms with Crippen LogP contribution in [0.4, 0.5) is 0 Å². The highest BCUT2D eigenvalue weighted by molar-refractivity contribution is 6.21. The number of nitrogens with one attached hydrogen (secondary N) is 2. The molecule has 0 atom stereocenters. The molecule has 0 saturated heterocycles. The van der Waals surface area contributed by atoms with Crippen molar-refractivity contribution >= 4 is 23.6 Å². The first kappa shape index (κ1) is 23.6. The van der Waals surface area contributed by atoms with E-state index in [-0.39, 0.29) is 11.8 Å². The summed E-state index contributed by atoms with van der Waals surface area (Å²) in [5.41, 5.74) is 1.69. The van der Waals surface area contributed by atoms with Gasteiger partial charge in [-0.05, 0) is 65.5 Å². The van der Waals surface area contributed by atoms with E-state index in [1.807, 2.05) is 41.5 Å². The number of aliphatic imine (C=N–C) groups is 2. The fourth-order valence-electron chi connectivity index (χ4n) is 3.34. The lowest BCUT2D eigenvalue weighted by Gasteiger charge is -2.19. The van der Waals surface area contributed by atoms with E-state index in [1.54, 1.807) is 14.1 Å². The molecule has 2 amide bonds. The van der Waals surface area contributed by atoms with E-state index in [0.717, 1.165) is 24.0 Å². The number of nitrogens with zero attached hydrogens (tertiary/aromatic N) is 2. The van der Waals surface area contributed by atoms with Crippen LogP contribution in [0.2, 0.25) is 0 Å². The average Bonchev–Trinajstić information content (AvgIpc) is 3.06. The zero-order valence-corrected chi connectivity index (χ0v) is 19.4. The molecule has 0 bridgehead atoms. The van der Waals surface area contributed by atoms with E-state index < -0.39 is 11.2 Å². The summed E-state index contributed by atoms with van der Waals surface area (Å²) in [5, 5.41) is 5.83. The molecule has 0 unspecified atom stereocenters. The van der Waals surface area contributed by atoms with Gasteiger partial charge in [0.2, 0.25) is 11.8 Å². The summed E-state index contributed by atoms with van der Waals surface area (Å²) in [4.78, 5) is 33.3. The van der Waals surface area contributed by atoms with Gasteiger partial charge >= 0.3 is 0 Å². The van der Waals surface area contributed by atoms with Crippen LogP contribution in [0.3, 0.4) is 0 Å². The molecule has 0 aromatic heterocycles. The molecule has 0 aromatic carbocycles. The number of unbranched alkanes of at least 4 members (excludes halogenated alkanes) is 1. The summed E-state index contributed by atoms with van der Waals surface area (Å²) in [5.74, 6) is 0.386. The van der Waals surface area contributed by atoms with Crippen molar-refractivity contribution in [3.63, 3.8) is 0 Å². The minimum absolute atomic E-state index is 0.183. The van der Waals surface area contributed by atoms with Gasteiger partial charge in [-0.15, -0.1) is 0 Å².